The maximum atomic E-state index is 11.1. The predicted octanol–water partition coefficient (Wildman–Crippen LogP) is 1.67. The second-order valence-corrected chi connectivity index (χ2v) is 5.30. The maximum absolute atomic E-state index is 11.1. The van der Waals surface area contributed by atoms with Crippen LogP contribution in [0, 0.1) is 0 Å². The van der Waals surface area contributed by atoms with Crippen molar-refractivity contribution in [1.29, 1.82) is 0 Å². The third-order valence-electron chi connectivity index (χ3n) is 1.92. The fourth-order valence-electron chi connectivity index (χ4n) is 1.17. The molecule has 1 heterocycles. The Hall–Kier alpha value is -1.95. The first-order valence-electron chi connectivity index (χ1n) is 4.81. The Balaban J connectivity index is 2.20. The van der Waals surface area contributed by atoms with E-state index in [0.717, 1.165) is 6.26 Å². The van der Waals surface area contributed by atoms with Crippen molar-refractivity contribution in [1.82, 2.24) is 9.97 Å². The lowest BCUT2D eigenvalue weighted by atomic mass is 10.3. The van der Waals surface area contributed by atoms with E-state index in [-0.39, 0.29) is 5.16 Å². The van der Waals surface area contributed by atoms with Gasteiger partial charge in [0.25, 0.3) is 0 Å². The summed E-state index contributed by atoms with van der Waals surface area (Å²) in [7, 11) is -3.37. The molecule has 0 radical (unpaired) electrons. The Morgan fingerprint density at radius 1 is 1.00 bits per heavy atom. The summed E-state index contributed by atoms with van der Waals surface area (Å²) in [5, 5.41) is -0.210. The lowest BCUT2D eigenvalue weighted by Crippen LogP contribution is -2.03. The first kappa shape index (κ1) is 11.5. The fourth-order valence-corrected chi connectivity index (χ4v) is 1.66. The average molecular weight is 250 g/mol. The van der Waals surface area contributed by atoms with Crippen molar-refractivity contribution >= 4 is 9.84 Å². The molecular formula is C11H10N2O3S. The van der Waals surface area contributed by atoms with Gasteiger partial charge in [-0.2, -0.15) is 0 Å². The Bertz CT molecular complexity index is 594. The quantitative estimate of drug-likeness (QED) is 0.775. The van der Waals surface area contributed by atoms with Crippen LogP contribution >= 0.6 is 0 Å². The Kier molecular flexibility index (Phi) is 3.06. The van der Waals surface area contributed by atoms with Crippen molar-refractivity contribution in [2.24, 2.45) is 0 Å². The van der Waals surface area contributed by atoms with Crippen molar-refractivity contribution in [2.45, 2.75) is 5.16 Å². The molecule has 6 heteroatoms. The highest BCUT2D eigenvalue weighted by molar-refractivity contribution is 7.90. The van der Waals surface area contributed by atoms with Crippen LogP contribution in [-0.4, -0.2) is 24.6 Å². The third kappa shape index (κ3) is 3.01. The predicted molar refractivity (Wildman–Crippen MR) is 61.7 cm³/mol. The molecule has 5 nitrogen and oxygen atoms in total. The van der Waals surface area contributed by atoms with E-state index < -0.39 is 9.84 Å². The van der Waals surface area contributed by atoms with Gasteiger partial charge in [0.15, 0.2) is 5.75 Å². The summed E-state index contributed by atoms with van der Waals surface area (Å²) in [5.41, 5.74) is 0. The lowest BCUT2D eigenvalue weighted by Gasteiger charge is -2.04. The number of sulfone groups is 1. The molecule has 0 aliphatic carbocycles. The highest BCUT2D eigenvalue weighted by Gasteiger charge is 2.10. The molecule has 0 aliphatic heterocycles. The molecule has 2 aromatic rings. The Morgan fingerprint density at radius 3 is 2.12 bits per heavy atom. The molecule has 1 aromatic carbocycles. The SMILES string of the molecule is CS(=O)(=O)c1ncc(Oc2ccccc2)cn1. The molecule has 17 heavy (non-hydrogen) atoms. The molecule has 0 saturated carbocycles. The number of rotatable bonds is 3. The smallest absolute Gasteiger partial charge is 0.246 e. The highest BCUT2D eigenvalue weighted by Crippen LogP contribution is 2.19. The number of ether oxygens (including phenoxy) is 1. The molecule has 0 amide bonds. The second-order valence-electron chi connectivity index (χ2n) is 3.39. The summed E-state index contributed by atoms with van der Waals surface area (Å²) in [6.45, 7) is 0. The summed E-state index contributed by atoms with van der Waals surface area (Å²) in [5.74, 6) is 1.03. The fraction of sp³-hybridized carbons (Fsp3) is 0.0909. The van der Waals surface area contributed by atoms with E-state index in [1.807, 2.05) is 18.2 Å². The number of nitrogens with zero attached hydrogens (tertiary/aromatic N) is 2. The van der Waals surface area contributed by atoms with Crippen LogP contribution in [0.5, 0.6) is 11.5 Å². The van der Waals surface area contributed by atoms with Gasteiger partial charge in [0.2, 0.25) is 15.0 Å². The molecule has 0 atom stereocenters. The monoisotopic (exact) mass is 250 g/mol. The van der Waals surface area contributed by atoms with Crippen molar-refractivity contribution in [3.63, 3.8) is 0 Å². The molecular weight excluding hydrogens is 240 g/mol. The highest BCUT2D eigenvalue weighted by atomic mass is 32.2. The van der Waals surface area contributed by atoms with E-state index in [1.165, 1.54) is 12.4 Å². The van der Waals surface area contributed by atoms with E-state index in [0.29, 0.717) is 11.5 Å². The van der Waals surface area contributed by atoms with Crippen LogP contribution in [0.2, 0.25) is 0 Å². The number of para-hydroxylation sites is 1. The Morgan fingerprint density at radius 2 is 1.59 bits per heavy atom. The molecule has 0 bridgehead atoms. The molecule has 88 valence electrons. The van der Waals surface area contributed by atoms with Gasteiger partial charge in [-0.15, -0.1) is 0 Å². The molecule has 0 unspecified atom stereocenters. The van der Waals surface area contributed by atoms with Gasteiger partial charge in [0.05, 0.1) is 12.4 Å². The molecule has 0 fully saturated rings. The zero-order valence-corrected chi connectivity index (χ0v) is 9.89. The van der Waals surface area contributed by atoms with Crippen LogP contribution in [-0.2, 0) is 9.84 Å². The van der Waals surface area contributed by atoms with E-state index in [4.69, 9.17) is 4.74 Å². The van der Waals surface area contributed by atoms with Crippen molar-refractivity contribution in [3.8, 4) is 11.5 Å². The van der Waals surface area contributed by atoms with E-state index >= 15 is 0 Å². The van der Waals surface area contributed by atoms with Crippen LogP contribution in [0.15, 0.2) is 47.9 Å². The largest absolute Gasteiger partial charge is 0.454 e. The van der Waals surface area contributed by atoms with Crippen LogP contribution in [0.3, 0.4) is 0 Å². The van der Waals surface area contributed by atoms with Gasteiger partial charge in [-0.1, -0.05) is 18.2 Å². The van der Waals surface area contributed by atoms with Gasteiger partial charge >= 0.3 is 0 Å². The summed E-state index contributed by atoms with van der Waals surface area (Å²) in [4.78, 5) is 7.44. The van der Waals surface area contributed by atoms with Gasteiger partial charge in [0, 0.05) is 6.26 Å². The van der Waals surface area contributed by atoms with E-state index in [9.17, 15) is 8.42 Å². The first-order chi connectivity index (χ1) is 8.05. The Labute approximate surface area is 99.0 Å². The van der Waals surface area contributed by atoms with Crippen LogP contribution < -0.4 is 4.74 Å². The van der Waals surface area contributed by atoms with Crippen LogP contribution in [0.25, 0.3) is 0 Å². The summed E-state index contributed by atoms with van der Waals surface area (Å²) in [6.07, 6.45) is 3.72. The van der Waals surface area contributed by atoms with E-state index in [1.54, 1.807) is 12.1 Å². The summed E-state index contributed by atoms with van der Waals surface area (Å²) < 4.78 is 27.7. The summed E-state index contributed by atoms with van der Waals surface area (Å²) in [6, 6.07) is 9.10. The average Bonchev–Trinajstić information content (AvgIpc) is 2.30. The molecule has 2 rings (SSSR count). The van der Waals surface area contributed by atoms with Gasteiger partial charge in [0.1, 0.15) is 5.75 Å². The van der Waals surface area contributed by atoms with Crippen molar-refractivity contribution in [2.75, 3.05) is 6.26 Å². The van der Waals surface area contributed by atoms with Gasteiger partial charge < -0.3 is 4.74 Å². The van der Waals surface area contributed by atoms with Gasteiger partial charge in [-0.05, 0) is 12.1 Å². The van der Waals surface area contributed by atoms with Gasteiger partial charge in [-0.3, -0.25) is 0 Å². The van der Waals surface area contributed by atoms with E-state index in [2.05, 4.69) is 9.97 Å². The number of benzene rings is 1. The molecule has 1 aromatic heterocycles. The summed E-state index contributed by atoms with van der Waals surface area (Å²) >= 11 is 0. The maximum Gasteiger partial charge on any atom is 0.246 e. The van der Waals surface area contributed by atoms with Crippen molar-refractivity contribution in [3.05, 3.63) is 42.7 Å². The number of hydrogen-bond donors (Lipinski definition) is 0. The topological polar surface area (TPSA) is 69.2 Å². The van der Waals surface area contributed by atoms with Gasteiger partial charge in [-0.25, -0.2) is 18.4 Å². The number of aromatic nitrogens is 2. The zero-order valence-electron chi connectivity index (χ0n) is 9.07. The second kappa shape index (κ2) is 4.50. The lowest BCUT2D eigenvalue weighted by molar-refractivity contribution is 0.474. The normalized spacial score (nSPS) is 11.1. The van der Waals surface area contributed by atoms with Crippen LogP contribution in [0.4, 0.5) is 0 Å². The number of hydrogen-bond acceptors (Lipinski definition) is 5. The minimum Gasteiger partial charge on any atom is -0.454 e. The molecule has 0 N–H and O–H groups in total. The minimum atomic E-state index is -3.37. The third-order valence-corrected chi connectivity index (χ3v) is 2.79. The molecule has 0 aliphatic rings. The molecule has 0 spiro atoms. The zero-order chi connectivity index (χ0) is 12.3. The first-order valence-corrected chi connectivity index (χ1v) is 6.70. The standard InChI is InChI=1S/C11H10N2O3S/c1-17(14,15)11-12-7-10(8-13-11)16-9-5-3-2-4-6-9/h2-8H,1H3. The van der Waals surface area contributed by atoms with Crippen LogP contribution in [0.1, 0.15) is 0 Å². The minimum absolute atomic E-state index is 0.210. The molecule has 0 saturated heterocycles. The van der Waals surface area contributed by atoms with Crippen molar-refractivity contribution < 1.29 is 13.2 Å².